The molecule has 1 amide bonds. The third kappa shape index (κ3) is 2.60. The molecule has 2 aromatic rings. The van der Waals surface area contributed by atoms with Gasteiger partial charge in [0.25, 0.3) is 5.91 Å². The molecule has 0 saturated carbocycles. The van der Waals surface area contributed by atoms with Crippen LogP contribution < -0.4 is 4.74 Å². The van der Waals surface area contributed by atoms with E-state index in [1.807, 2.05) is 48.5 Å². The normalized spacial score (nSPS) is 23.4. The third-order valence-electron chi connectivity index (χ3n) is 4.89. The molecule has 1 aromatic carbocycles. The van der Waals surface area contributed by atoms with Crippen molar-refractivity contribution in [2.75, 3.05) is 13.1 Å². The minimum absolute atomic E-state index is 0.115. The summed E-state index contributed by atoms with van der Waals surface area (Å²) in [5.74, 6) is 1.97. The largest absolute Gasteiger partial charge is 0.480 e. The topological polar surface area (TPSA) is 47.4 Å². The summed E-state index contributed by atoms with van der Waals surface area (Å²) >= 11 is 0. The fraction of sp³-hybridized carbons (Fsp3) is 0.444. The Morgan fingerprint density at radius 1 is 1.35 bits per heavy atom. The van der Waals surface area contributed by atoms with E-state index in [9.17, 15) is 4.79 Å². The number of hydrogen-bond donors (Lipinski definition) is 0. The van der Waals surface area contributed by atoms with Gasteiger partial charge in [-0.05, 0) is 31.4 Å². The number of nitrogens with zero attached hydrogens (tertiary/aromatic N) is 3. The molecule has 0 aliphatic carbocycles. The number of carbonyl (C=O) groups excluding carboxylic acids is 1. The van der Waals surface area contributed by atoms with Crippen LogP contribution in [0.1, 0.15) is 30.3 Å². The van der Waals surface area contributed by atoms with Crippen LogP contribution in [0, 0.1) is 6.92 Å². The second kappa shape index (κ2) is 5.72. The van der Waals surface area contributed by atoms with Gasteiger partial charge >= 0.3 is 0 Å². The van der Waals surface area contributed by atoms with Gasteiger partial charge in [-0.3, -0.25) is 4.79 Å². The quantitative estimate of drug-likeness (QED) is 0.855. The zero-order valence-corrected chi connectivity index (χ0v) is 13.3. The Kier molecular flexibility index (Phi) is 3.56. The van der Waals surface area contributed by atoms with Crippen LogP contribution in [0.3, 0.4) is 0 Å². The van der Waals surface area contributed by atoms with Gasteiger partial charge < -0.3 is 14.2 Å². The lowest BCUT2D eigenvalue weighted by Gasteiger charge is -2.35. The summed E-state index contributed by atoms with van der Waals surface area (Å²) in [6.45, 7) is 3.57. The third-order valence-corrected chi connectivity index (χ3v) is 4.89. The number of hydrogen-bond acceptors (Lipinski definition) is 3. The molecule has 120 valence electrons. The van der Waals surface area contributed by atoms with Gasteiger partial charge in [0, 0.05) is 31.9 Å². The molecule has 2 atom stereocenters. The molecule has 5 nitrogen and oxygen atoms in total. The molecule has 0 N–H and O–H groups in total. The number of imidazole rings is 1. The average molecular weight is 311 g/mol. The van der Waals surface area contributed by atoms with Gasteiger partial charge in [0.2, 0.25) is 0 Å². The smallest absolute Gasteiger partial charge is 0.264 e. The van der Waals surface area contributed by atoms with Gasteiger partial charge in [0.05, 0.1) is 6.04 Å². The van der Waals surface area contributed by atoms with Crippen LogP contribution >= 0.6 is 0 Å². The SMILES string of the molecule is Cc1nccn1[C@H]1CCCN(C(=O)[C@H]2Cc3ccccc3O2)C1. The van der Waals surface area contributed by atoms with Crippen molar-refractivity contribution in [1.82, 2.24) is 14.5 Å². The molecule has 2 aliphatic rings. The van der Waals surface area contributed by atoms with Crippen LogP contribution in [0.15, 0.2) is 36.7 Å². The fourth-order valence-corrected chi connectivity index (χ4v) is 3.68. The zero-order chi connectivity index (χ0) is 15.8. The van der Waals surface area contributed by atoms with Crippen molar-refractivity contribution < 1.29 is 9.53 Å². The Hall–Kier alpha value is -2.30. The van der Waals surface area contributed by atoms with Crippen LogP contribution in [0.25, 0.3) is 0 Å². The lowest BCUT2D eigenvalue weighted by Crippen LogP contribution is -2.46. The molecular formula is C18H21N3O2. The number of amides is 1. The van der Waals surface area contributed by atoms with Crippen molar-refractivity contribution >= 4 is 5.91 Å². The van der Waals surface area contributed by atoms with Crippen LogP contribution in [-0.2, 0) is 11.2 Å². The van der Waals surface area contributed by atoms with Crippen molar-refractivity contribution in [2.24, 2.45) is 0 Å². The van der Waals surface area contributed by atoms with Crippen molar-refractivity contribution in [2.45, 2.75) is 38.3 Å². The van der Waals surface area contributed by atoms with E-state index in [0.717, 1.165) is 43.1 Å². The molecule has 0 bridgehead atoms. The fourth-order valence-electron chi connectivity index (χ4n) is 3.68. The monoisotopic (exact) mass is 311 g/mol. The first kappa shape index (κ1) is 14.3. The van der Waals surface area contributed by atoms with E-state index in [4.69, 9.17) is 4.74 Å². The molecule has 5 heteroatoms. The Morgan fingerprint density at radius 3 is 3.00 bits per heavy atom. The molecule has 1 aromatic heterocycles. The summed E-state index contributed by atoms with van der Waals surface area (Å²) in [5, 5.41) is 0. The van der Waals surface area contributed by atoms with Gasteiger partial charge in [-0.25, -0.2) is 4.98 Å². The Morgan fingerprint density at radius 2 is 2.22 bits per heavy atom. The molecule has 0 spiro atoms. The van der Waals surface area contributed by atoms with Gasteiger partial charge in [-0.2, -0.15) is 0 Å². The van der Waals surface area contributed by atoms with E-state index in [-0.39, 0.29) is 12.0 Å². The highest BCUT2D eigenvalue weighted by Gasteiger charge is 2.34. The van der Waals surface area contributed by atoms with Crippen molar-refractivity contribution in [3.8, 4) is 5.75 Å². The summed E-state index contributed by atoms with van der Waals surface area (Å²) in [6, 6.07) is 8.24. The van der Waals surface area contributed by atoms with E-state index in [0.29, 0.717) is 12.5 Å². The number of likely N-dealkylation sites (tertiary alicyclic amines) is 1. The second-order valence-corrected chi connectivity index (χ2v) is 6.38. The summed E-state index contributed by atoms with van der Waals surface area (Å²) in [7, 11) is 0. The average Bonchev–Trinajstić information content (AvgIpc) is 3.20. The minimum atomic E-state index is -0.366. The number of benzene rings is 1. The van der Waals surface area contributed by atoms with E-state index >= 15 is 0 Å². The predicted molar refractivity (Wildman–Crippen MR) is 86.4 cm³/mol. The molecule has 23 heavy (non-hydrogen) atoms. The predicted octanol–water partition coefficient (Wildman–Crippen LogP) is 2.36. The first-order chi connectivity index (χ1) is 11.2. The molecule has 1 fully saturated rings. The number of fused-ring (bicyclic) bond motifs is 1. The minimum Gasteiger partial charge on any atom is -0.480 e. The van der Waals surface area contributed by atoms with Gasteiger partial charge in [0.1, 0.15) is 11.6 Å². The summed E-state index contributed by atoms with van der Waals surface area (Å²) in [6.07, 6.45) is 6.26. The number of carbonyl (C=O) groups is 1. The number of rotatable bonds is 2. The molecule has 1 saturated heterocycles. The second-order valence-electron chi connectivity index (χ2n) is 6.38. The molecule has 3 heterocycles. The maximum atomic E-state index is 12.8. The molecule has 4 rings (SSSR count). The van der Waals surface area contributed by atoms with E-state index in [2.05, 4.69) is 9.55 Å². The van der Waals surface area contributed by atoms with Gasteiger partial charge in [-0.1, -0.05) is 18.2 Å². The number of aromatic nitrogens is 2. The van der Waals surface area contributed by atoms with Crippen LogP contribution in [0.5, 0.6) is 5.75 Å². The highest BCUT2D eigenvalue weighted by atomic mass is 16.5. The molecule has 0 unspecified atom stereocenters. The van der Waals surface area contributed by atoms with E-state index in [1.54, 1.807) is 0 Å². The van der Waals surface area contributed by atoms with Crippen LogP contribution in [0.2, 0.25) is 0 Å². The number of piperidine rings is 1. The number of ether oxygens (including phenoxy) is 1. The first-order valence-corrected chi connectivity index (χ1v) is 8.25. The molecule has 0 radical (unpaired) electrons. The Labute approximate surface area is 135 Å². The van der Waals surface area contributed by atoms with Crippen molar-refractivity contribution in [1.29, 1.82) is 0 Å². The van der Waals surface area contributed by atoms with E-state index < -0.39 is 0 Å². The van der Waals surface area contributed by atoms with Crippen LogP contribution in [-0.4, -0.2) is 39.6 Å². The summed E-state index contributed by atoms with van der Waals surface area (Å²) in [4.78, 5) is 19.1. The molecular weight excluding hydrogens is 290 g/mol. The summed E-state index contributed by atoms with van der Waals surface area (Å²) in [5.41, 5.74) is 1.13. The van der Waals surface area contributed by atoms with Crippen LogP contribution in [0.4, 0.5) is 0 Å². The number of para-hydroxylation sites is 1. The Balaban J connectivity index is 1.46. The molecule has 2 aliphatic heterocycles. The highest BCUT2D eigenvalue weighted by molar-refractivity contribution is 5.82. The zero-order valence-electron chi connectivity index (χ0n) is 13.3. The highest BCUT2D eigenvalue weighted by Crippen LogP contribution is 2.30. The van der Waals surface area contributed by atoms with Gasteiger partial charge in [-0.15, -0.1) is 0 Å². The maximum absolute atomic E-state index is 12.8. The summed E-state index contributed by atoms with van der Waals surface area (Å²) < 4.78 is 8.05. The number of aryl methyl sites for hydroxylation is 1. The van der Waals surface area contributed by atoms with Crippen molar-refractivity contribution in [3.63, 3.8) is 0 Å². The van der Waals surface area contributed by atoms with Crippen molar-refractivity contribution in [3.05, 3.63) is 48.0 Å². The standard InChI is InChI=1S/C18H21N3O2/c1-13-19-8-10-21(13)15-6-4-9-20(12-15)18(22)17-11-14-5-2-3-7-16(14)23-17/h2-3,5,7-8,10,15,17H,4,6,9,11-12H2,1H3/t15-,17+/m0/s1. The maximum Gasteiger partial charge on any atom is 0.264 e. The van der Waals surface area contributed by atoms with Gasteiger partial charge in [0.15, 0.2) is 6.10 Å². The lowest BCUT2D eigenvalue weighted by molar-refractivity contribution is -0.139. The first-order valence-electron chi connectivity index (χ1n) is 8.25. The van der Waals surface area contributed by atoms with E-state index in [1.165, 1.54) is 0 Å². The Bertz CT molecular complexity index is 700. The lowest BCUT2D eigenvalue weighted by atomic mass is 10.0.